The first-order chi connectivity index (χ1) is 9.31. The molecule has 19 heavy (non-hydrogen) atoms. The molecule has 1 aromatic carbocycles. The molecule has 2 heterocycles. The minimum atomic E-state index is -0.304. The van der Waals surface area contributed by atoms with Gasteiger partial charge in [0.25, 0.3) is 5.56 Å². The second kappa shape index (κ2) is 3.74. The molecule has 94 valence electrons. The molecular formula is C13H10N4O2. The van der Waals surface area contributed by atoms with E-state index in [2.05, 4.69) is 20.1 Å². The molecule has 0 bridgehead atoms. The van der Waals surface area contributed by atoms with Crippen molar-refractivity contribution in [2.24, 2.45) is 0 Å². The number of aromatic nitrogens is 4. The van der Waals surface area contributed by atoms with Gasteiger partial charge in [-0.15, -0.1) is 0 Å². The van der Waals surface area contributed by atoms with E-state index in [0.717, 1.165) is 12.8 Å². The summed E-state index contributed by atoms with van der Waals surface area (Å²) in [5.74, 6) is 1.22. The van der Waals surface area contributed by atoms with Crippen LogP contribution in [-0.2, 0) is 0 Å². The summed E-state index contributed by atoms with van der Waals surface area (Å²) in [6.07, 6.45) is 2.15. The molecule has 0 unspecified atom stereocenters. The highest BCUT2D eigenvalue weighted by Crippen LogP contribution is 2.39. The molecular weight excluding hydrogens is 244 g/mol. The topological polar surface area (TPSA) is 84.7 Å². The molecule has 4 rings (SSSR count). The Hall–Kier alpha value is -2.50. The van der Waals surface area contributed by atoms with Crippen LogP contribution in [0.2, 0.25) is 0 Å². The summed E-state index contributed by atoms with van der Waals surface area (Å²) >= 11 is 0. The van der Waals surface area contributed by atoms with Crippen molar-refractivity contribution in [3.8, 4) is 11.5 Å². The summed E-state index contributed by atoms with van der Waals surface area (Å²) in [4.78, 5) is 23.3. The lowest BCUT2D eigenvalue weighted by atomic mass is 10.3. The number of nitrogens with zero attached hydrogens (tertiary/aromatic N) is 3. The molecule has 1 saturated carbocycles. The maximum absolute atomic E-state index is 12.0. The van der Waals surface area contributed by atoms with Gasteiger partial charge < -0.3 is 9.51 Å². The number of hydrogen-bond donors (Lipinski definition) is 1. The van der Waals surface area contributed by atoms with Gasteiger partial charge in [-0.1, -0.05) is 17.3 Å². The van der Waals surface area contributed by atoms with E-state index in [1.54, 1.807) is 6.07 Å². The third-order valence-corrected chi connectivity index (χ3v) is 3.18. The second-order valence-electron chi connectivity index (χ2n) is 4.66. The minimum absolute atomic E-state index is 0.203. The maximum Gasteiger partial charge on any atom is 0.278 e. The van der Waals surface area contributed by atoms with Crippen molar-refractivity contribution < 1.29 is 4.52 Å². The molecule has 6 nitrogen and oxygen atoms in total. The average Bonchev–Trinajstić information content (AvgIpc) is 3.16. The fourth-order valence-corrected chi connectivity index (χ4v) is 2.01. The van der Waals surface area contributed by atoms with Crippen molar-refractivity contribution in [2.45, 2.75) is 18.8 Å². The van der Waals surface area contributed by atoms with Crippen molar-refractivity contribution in [2.75, 3.05) is 0 Å². The van der Waals surface area contributed by atoms with Gasteiger partial charge in [-0.2, -0.15) is 4.98 Å². The van der Waals surface area contributed by atoms with Crippen molar-refractivity contribution in [3.63, 3.8) is 0 Å². The number of fused-ring (bicyclic) bond motifs is 1. The highest BCUT2D eigenvalue weighted by molar-refractivity contribution is 5.75. The van der Waals surface area contributed by atoms with E-state index >= 15 is 0 Å². The van der Waals surface area contributed by atoms with Gasteiger partial charge in [-0.3, -0.25) is 4.79 Å². The van der Waals surface area contributed by atoms with E-state index in [9.17, 15) is 4.79 Å². The number of benzene rings is 1. The van der Waals surface area contributed by atoms with Crippen LogP contribution in [0, 0.1) is 0 Å². The third kappa shape index (κ3) is 1.72. The summed E-state index contributed by atoms with van der Waals surface area (Å²) in [5.41, 5.74) is 1.30. The van der Waals surface area contributed by atoms with Crippen molar-refractivity contribution in [1.82, 2.24) is 20.1 Å². The molecule has 0 amide bonds. The number of nitrogens with one attached hydrogen (secondary N) is 1. The fourth-order valence-electron chi connectivity index (χ4n) is 2.01. The number of hydrogen-bond acceptors (Lipinski definition) is 5. The van der Waals surface area contributed by atoms with E-state index in [1.807, 2.05) is 18.2 Å². The van der Waals surface area contributed by atoms with Gasteiger partial charge in [-0.05, 0) is 25.0 Å². The Morgan fingerprint density at radius 1 is 1.21 bits per heavy atom. The Balaban J connectivity index is 1.88. The Kier molecular flexibility index (Phi) is 2.05. The number of rotatable bonds is 2. The van der Waals surface area contributed by atoms with Crippen molar-refractivity contribution in [1.29, 1.82) is 0 Å². The first-order valence-electron chi connectivity index (χ1n) is 6.14. The lowest BCUT2D eigenvalue weighted by molar-refractivity contribution is 0.380. The number of aromatic amines is 1. The third-order valence-electron chi connectivity index (χ3n) is 3.18. The monoisotopic (exact) mass is 254 g/mol. The summed E-state index contributed by atoms with van der Waals surface area (Å²) in [6, 6.07) is 7.35. The van der Waals surface area contributed by atoms with Crippen molar-refractivity contribution in [3.05, 3.63) is 40.5 Å². The normalized spacial score (nSPS) is 14.9. The summed E-state index contributed by atoms with van der Waals surface area (Å²) in [7, 11) is 0. The zero-order valence-electron chi connectivity index (χ0n) is 9.96. The average molecular weight is 254 g/mol. The minimum Gasteiger partial charge on any atom is -0.339 e. The quantitative estimate of drug-likeness (QED) is 0.754. The van der Waals surface area contributed by atoms with Gasteiger partial charge in [0.2, 0.25) is 11.7 Å². The van der Waals surface area contributed by atoms with Gasteiger partial charge in [0.15, 0.2) is 5.69 Å². The zero-order valence-corrected chi connectivity index (χ0v) is 9.96. The Bertz CT molecular complexity index is 817. The SMILES string of the molecule is O=c1[nH]c2ccccc2nc1-c1noc(C2CC2)n1. The largest absolute Gasteiger partial charge is 0.339 e. The predicted octanol–water partition coefficient (Wildman–Crippen LogP) is 1.85. The molecule has 3 aromatic rings. The standard InChI is InChI=1S/C13H10N4O2/c18-12-10(11-16-13(19-17-11)7-5-6-7)14-8-3-1-2-4-9(8)15-12/h1-4,7H,5-6H2,(H,15,18). The van der Waals surface area contributed by atoms with Gasteiger partial charge in [-0.25, -0.2) is 4.98 Å². The Labute approximate surface area is 107 Å². The molecule has 0 radical (unpaired) electrons. The van der Waals surface area contributed by atoms with Crippen LogP contribution in [-0.4, -0.2) is 20.1 Å². The molecule has 0 atom stereocenters. The van der Waals surface area contributed by atoms with Crippen LogP contribution in [0.4, 0.5) is 0 Å². The number of para-hydroxylation sites is 2. The maximum atomic E-state index is 12.0. The molecule has 2 aromatic heterocycles. The van der Waals surface area contributed by atoms with Gasteiger partial charge in [0, 0.05) is 5.92 Å². The van der Waals surface area contributed by atoms with E-state index in [-0.39, 0.29) is 17.1 Å². The van der Waals surface area contributed by atoms with Crippen LogP contribution >= 0.6 is 0 Å². The first-order valence-corrected chi connectivity index (χ1v) is 6.14. The van der Waals surface area contributed by atoms with E-state index in [1.165, 1.54) is 0 Å². The summed E-state index contributed by atoms with van der Waals surface area (Å²) in [6.45, 7) is 0. The Morgan fingerprint density at radius 2 is 2.05 bits per heavy atom. The summed E-state index contributed by atoms with van der Waals surface area (Å²) in [5, 5.41) is 3.85. The van der Waals surface area contributed by atoms with E-state index in [0.29, 0.717) is 22.8 Å². The molecule has 1 N–H and O–H groups in total. The first kappa shape index (κ1) is 10.4. The fraction of sp³-hybridized carbons (Fsp3) is 0.231. The molecule has 1 aliphatic carbocycles. The summed E-state index contributed by atoms with van der Waals surface area (Å²) < 4.78 is 5.16. The predicted molar refractivity (Wildman–Crippen MR) is 67.6 cm³/mol. The molecule has 1 fully saturated rings. The molecule has 6 heteroatoms. The van der Waals surface area contributed by atoms with Crippen LogP contribution in [0.25, 0.3) is 22.6 Å². The van der Waals surface area contributed by atoms with Crippen molar-refractivity contribution >= 4 is 11.0 Å². The van der Waals surface area contributed by atoms with Gasteiger partial charge in [0.05, 0.1) is 11.0 Å². The molecule has 0 aliphatic heterocycles. The molecule has 0 spiro atoms. The Morgan fingerprint density at radius 3 is 2.89 bits per heavy atom. The number of H-pyrrole nitrogens is 1. The van der Waals surface area contributed by atoms with Crippen LogP contribution in [0.15, 0.2) is 33.6 Å². The van der Waals surface area contributed by atoms with E-state index in [4.69, 9.17) is 4.52 Å². The molecule has 0 saturated heterocycles. The van der Waals surface area contributed by atoms with Gasteiger partial charge in [0.1, 0.15) is 0 Å². The molecule has 1 aliphatic rings. The lowest BCUT2D eigenvalue weighted by Crippen LogP contribution is -2.12. The van der Waals surface area contributed by atoms with Crippen LogP contribution in [0.5, 0.6) is 0 Å². The zero-order chi connectivity index (χ0) is 12.8. The second-order valence-corrected chi connectivity index (χ2v) is 4.66. The highest BCUT2D eigenvalue weighted by Gasteiger charge is 2.30. The van der Waals surface area contributed by atoms with E-state index < -0.39 is 0 Å². The lowest BCUT2D eigenvalue weighted by Gasteiger charge is -1.98. The van der Waals surface area contributed by atoms with Gasteiger partial charge >= 0.3 is 0 Å². The van der Waals surface area contributed by atoms with Crippen LogP contribution < -0.4 is 5.56 Å². The highest BCUT2D eigenvalue weighted by atomic mass is 16.5. The van der Waals surface area contributed by atoms with Crippen LogP contribution in [0.1, 0.15) is 24.7 Å². The van der Waals surface area contributed by atoms with Crippen LogP contribution in [0.3, 0.4) is 0 Å². The smallest absolute Gasteiger partial charge is 0.278 e.